The summed E-state index contributed by atoms with van der Waals surface area (Å²) in [5, 5.41) is 9.00. The van der Waals surface area contributed by atoms with Gasteiger partial charge in [-0.3, -0.25) is 4.90 Å². The molecule has 0 aromatic carbocycles. The average Bonchev–Trinajstić information content (AvgIpc) is 2.30. The lowest BCUT2D eigenvalue weighted by Gasteiger charge is -2.22. The van der Waals surface area contributed by atoms with E-state index in [4.69, 9.17) is 5.11 Å². The van der Waals surface area contributed by atoms with E-state index in [1.165, 1.54) is 13.0 Å². The Labute approximate surface area is 62.8 Å². The van der Waals surface area contributed by atoms with Gasteiger partial charge in [-0.15, -0.1) is 0 Å². The molecular formula is C8H17NO. The van der Waals surface area contributed by atoms with Crippen LogP contribution in [0.15, 0.2) is 0 Å². The van der Waals surface area contributed by atoms with Crippen LogP contribution in [0.2, 0.25) is 0 Å². The number of hydrogen-bond acceptors (Lipinski definition) is 2. The van der Waals surface area contributed by atoms with Gasteiger partial charge in [-0.1, -0.05) is 13.8 Å². The van der Waals surface area contributed by atoms with Crippen molar-refractivity contribution >= 4 is 0 Å². The fourth-order valence-corrected chi connectivity index (χ4v) is 1.78. The number of rotatable bonds is 2. The van der Waals surface area contributed by atoms with Gasteiger partial charge in [0, 0.05) is 6.04 Å². The van der Waals surface area contributed by atoms with Crippen LogP contribution in [0.5, 0.6) is 0 Å². The van der Waals surface area contributed by atoms with Crippen molar-refractivity contribution in [1.82, 2.24) is 4.90 Å². The predicted molar refractivity (Wildman–Crippen MR) is 41.9 cm³/mol. The van der Waals surface area contributed by atoms with E-state index in [2.05, 4.69) is 18.7 Å². The summed E-state index contributed by atoms with van der Waals surface area (Å²) in [4.78, 5) is 2.35. The largest absolute Gasteiger partial charge is 0.395 e. The van der Waals surface area contributed by atoms with E-state index in [1.807, 2.05) is 0 Å². The lowest BCUT2D eigenvalue weighted by Crippen LogP contribution is -2.34. The molecule has 2 nitrogen and oxygen atoms in total. The lowest BCUT2D eigenvalue weighted by atomic mass is 10.0. The summed E-state index contributed by atoms with van der Waals surface area (Å²) in [6.45, 7) is 6.95. The Morgan fingerprint density at radius 1 is 1.60 bits per heavy atom. The Morgan fingerprint density at radius 3 is 2.70 bits per heavy atom. The topological polar surface area (TPSA) is 23.5 Å². The van der Waals surface area contributed by atoms with Gasteiger partial charge < -0.3 is 5.11 Å². The molecule has 2 unspecified atom stereocenters. The zero-order valence-electron chi connectivity index (χ0n) is 6.88. The molecule has 0 amide bonds. The Morgan fingerprint density at radius 2 is 2.30 bits per heavy atom. The number of aliphatic hydroxyl groups excluding tert-OH is 1. The standard InChI is InChI=1S/C8H17NO/c1-3-9-5-4-7(2)8(9)6-10/h7-8,10H,3-6H2,1-2H3. The third kappa shape index (κ3) is 1.32. The maximum absolute atomic E-state index is 9.00. The van der Waals surface area contributed by atoms with Crippen LogP contribution in [0.25, 0.3) is 0 Å². The fraction of sp³-hybridized carbons (Fsp3) is 1.00. The second-order valence-corrected chi connectivity index (χ2v) is 3.14. The van der Waals surface area contributed by atoms with Crippen LogP contribution in [0.1, 0.15) is 20.3 Å². The van der Waals surface area contributed by atoms with Crippen molar-refractivity contribution in [1.29, 1.82) is 0 Å². The van der Waals surface area contributed by atoms with Crippen molar-refractivity contribution in [3.8, 4) is 0 Å². The van der Waals surface area contributed by atoms with Crippen molar-refractivity contribution in [2.24, 2.45) is 5.92 Å². The Balaban J connectivity index is 2.45. The van der Waals surface area contributed by atoms with Gasteiger partial charge in [0.25, 0.3) is 0 Å². The van der Waals surface area contributed by atoms with Crippen LogP contribution < -0.4 is 0 Å². The lowest BCUT2D eigenvalue weighted by molar-refractivity contribution is 0.144. The molecule has 1 heterocycles. The highest BCUT2D eigenvalue weighted by molar-refractivity contribution is 4.82. The summed E-state index contributed by atoms with van der Waals surface area (Å²) in [6, 6.07) is 0.435. The minimum absolute atomic E-state index is 0.328. The molecule has 0 aromatic heterocycles. The molecule has 60 valence electrons. The molecule has 1 aliphatic rings. The minimum atomic E-state index is 0.328. The van der Waals surface area contributed by atoms with E-state index in [-0.39, 0.29) is 0 Å². The smallest absolute Gasteiger partial charge is 0.0589 e. The van der Waals surface area contributed by atoms with Crippen LogP contribution >= 0.6 is 0 Å². The minimum Gasteiger partial charge on any atom is -0.395 e. The Hall–Kier alpha value is -0.0800. The van der Waals surface area contributed by atoms with E-state index in [1.54, 1.807) is 0 Å². The average molecular weight is 143 g/mol. The number of hydrogen-bond donors (Lipinski definition) is 1. The number of likely N-dealkylation sites (N-methyl/N-ethyl adjacent to an activating group) is 1. The van der Waals surface area contributed by atoms with Crippen LogP contribution in [-0.2, 0) is 0 Å². The number of aliphatic hydroxyl groups is 1. The normalized spacial score (nSPS) is 35.1. The monoisotopic (exact) mass is 143 g/mol. The Bertz CT molecular complexity index is 105. The molecule has 2 heteroatoms. The summed E-state index contributed by atoms with van der Waals surface area (Å²) < 4.78 is 0. The van der Waals surface area contributed by atoms with Gasteiger partial charge in [-0.25, -0.2) is 0 Å². The van der Waals surface area contributed by atoms with Gasteiger partial charge in [-0.05, 0) is 25.4 Å². The number of likely N-dealkylation sites (tertiary alicyclic amines) is 1. The van der Waals surface area contributed by atoms with E-state index in [9.17, 15) is 0 Å². The van der Waals surface area contributed by atoms with Gasteiger partial charge in [0.05, 0.1) is 6.61 Å². The highest BCUT2D eigenvalue weighted by Crippen LogP contribution is 2.22. The van der Waals surface area contributed by atoms with Crippen molar-refractivity contribution in [2.45, 2.75) is 26.3 Å². The molecule has 1 rings (SSSR count). The van der Waals surface area contributed by atoms with Crippen LogP contribution in [0.3, 0.4) is 0 Å². The predicted octanol–water partition coefficient (Wildman–Crippen LogP) is 0.709. The molecule has 10 heavy (non-hydrogen) atoms. The molecule has 1 aliphatic heterocycles. The second kappa shape index (κ2) is 3.35. The molecule has 0 spiro atoms. The maximum atomic E-state index is 9.00. The van der Waals surface area contributed by atoms with E-state index < -0.39 is 0 Å². The molecule has 0 radical (unpaired) electrons. The third-order valence-corrected chi connectivity index (χ3v) is 2.59. The molecule has 0 bridgehead atoms. The maximum Gasteiger partial charge on any atom is 0.0589 e. The van der Waals surface area contributed by atoms with Crippen molar-refractivity contribution < 1.29 is 5.11 Å². The van der Waals surface area contributed by atoms with Crippen molar-refractivity contribution in [3.63, 3.8) is 0 Å². The molecule has 1 saturated heterocycles. The first-order valence-corrected chi connectivity index (χ1v) is 4.14. The highest BCUT2D eigenvalue weighted by atomic mass is 16.3. The van der Waals surface area contributed by atoms with E-state index in [0.29, 0.717) is 18.6 Å². The fourth-order valence-electron chi connectivity index (χ4n) is 1.78. The van der Waals surface area contributed by atoms with Crippen molar-refractivity contribution in [3.05, 3.63) is 0 Å². The molecule has 0 saturated carbocycles. The number of nitrogens with zero attached hydrogens (tertiary/aromatic N) is 1. The molecule has 0 aliphatic carbocycles. The molecule has 1 N–H and O–H groups in total. The van der Waals surface area contributed by atoms with Gasteiger partial charge in [0.15, 0.2) is 0 Å². The van der Waals surface area contributed by atoms with Crippen LogP contribution in [0, 0.1) is 5.92 Å². The van der Waals surface area contributed by atoms with Gasteiger partial charge in [0.2, 0.25) is 0 Å². The molecule has 1 fully saturated rings. The van der Waals surface area contributed by atoms with E-state index >= 15 is 0 Å². The quantitative estimate of drug-likeness (QED) is 0.615. The first-order valence-electron chi connectivity index (χ1n) is 4.14. The van der Waals surface area contributed by atoms with Crippen LogP contribution in [-0.4, -0.2) is 35.7 Å². The first-order chi connectivity index (χ1) is 4.79. The summed E-state index contributed by atoms with van der Waals surface area (Å²) >= 11 is 0. The third-order valence-electron chi connectivity index (χ3n) is 2.59. The zero-order valence-corrected chi connectivity index (χ0v) is 6.88. The second-order valence-electron chi connectivity index (χ2n) is 3.14. The molecule has 0 aromatic rings. The van der Waals surface area contributed by atoms with Gasteiger partial charge in [0.1, 0.15) is 0 Å². The van der Waals surface area contributed by atoms with Crippen molar-refractivity contribution in [2.75, 3.05) is 19.7 Å². The van der Waals surface area contributed by atoms with Gasteiger partial charge >= 0.3 is 0 Å². The van der Waals surface area contributed by atoms with E-state index in [0.717, 1.165) is 6.54 Å². The highest BCUT2D eigenvalue weighted by Gasteiger charge is 2.28. The molecular weight excluding hydrogens is 126 g/mol. The molecule has 2 atom stereocenters. The summed E-state index contributed by atoms with van der Waals surface area (Å²) in [6.07, 6.45) is 1.25. The Kier molecular flexibility index (Phi) is 2.69. The van der Waals surface area contributed by atoms with Gasteiger partial charge in [-0.2, -0.15) is 0 Å². The first kappa shape index (κ1) is 8.02. The van der Waals surface area contributed by atoms with Crippen LogP contribution in [0.4, 0.5) is 0 Å². The zero-order chi connectivity index (χ0) is 7.56. The summed E-state index contributed by atoms with van der Waals surface area (Å²) in [7, 11) is 0. The summed E-state index contributed by atoms with van der Waals surface area (Å²) in [5.41, 5.74) is 0. The summed E-state index contributed by atoms with van der Waals surface area (Å²) in [5.74, 6) is 0.685. The SMILES string of the molecule is CCN1CCC(C)C1CO.